The highest BCUT2D eigenvalue weighted by Crippen LogP contribution is 2.16. The Morgan fingerprint density at radius 2 is 1.89 bits per heavy atom. The molecule has 0 unspecified atom stereocenters. The predicted octanol–water partition coefficient (Wildman–Crippen LogP) is 2.65. The van der Waals surface area contributed by atoms with Crippen LogP contribution in [0.1, 0.15) is 21.5 Å². The third kappa shape index (κ3) is 2.43. The normalized spacial score (nSPS) is 10.4. The van der Waals surface area contributed by atoms with Crippen LogP contribution in [0.25, 0.3) is 0 Å². The molecule has 0 aliphatic rings. The molecule has 0 atom stereocenters. The molecule has 2 aromatic carbocycles. The van der Waals surface area contributed by atoms with E-state index in [2.05, 4.69) is 0 Å². The minimum Gasteiger partial charge on any atom is -0.326 e. The zero-order valence-electron chi connectivity index (χ0n) is 9.49. The van der Waals surface area contributed by atoms with Crippen molar-refractivity contribution < 1.29 is 13.6 Å². The molecule has 0 aromatic heterocycles. The van der Waals surface area contributed by atoms with E-state index in [9.17, 15) is 13.6 Å². The van der Waals surface area contributed by atoms with Crippen LogP contribution in [0.15, 0.2) is 42.5 Å². The average molecular weight is 247 g/mol. The summed E-state index contributed by atoms with van der Waals surface area (Å²) in [7, 11) is 0. The monoisotopic (exact) mass is 247 g/mol. The minimum absolute atomic E-state index is 0.274. The second-order valence-electron chi connectivity index (χ2n) is 3.86. The van der Waals surface area contributed by atoms with Gasteiger partial charge in [0, 0.05) is 12.1 Å². The van der Waals surface area contributed by atoms with Crippen LogP contribution in [0.3, 0.4) is 0 Å². The fourth-order valence-electron chi connectivity index (χ4n) is 1.67. The van der Waals surface area contributed by atoms with Crippen LogP contribution in [0.5, 0.6) is 0 Å². The molecule has 0 bridgehead atoms. The van der Waals surface area contributed by atoms with Crippen LogP contribution in [0.2, 0.25) is 0 Å². The van der Waals surface area contributed by atoms with Crippen molar-refractivity contribution in [3.63, 3.8) is 0 Å². The Hall–Kier alpha value is -2.07. The average Bonchev–Trinajstić information content (AvgIpc) is 2.41. The smallest absolute Gasteiger partial charge is 0.196 e. The summed E-state index contributed by atoms with van der Waals surface area (Å²) in [5, 5.41) is 0. The maximum absolute atomic E-state index is 13.5. The van der Waals surface area contributed by atoms with Crippen molar-refractivity contribution in [1.29, 1.82) is 0 Å². The third-order valence-corrected chi connectivity index (χ3v) is 2.60. The molecule has 18 heavy (non-hydrogen) atoms. The fraction of sp³-hybridized carbons (Fsp3) is 0.0714. The number of carbonyl (C=O) groups excluding carboxylic acids is 1. The second kappa shape index (κ2) is 5.06. The highest BCUT2D eigenvalue weighted by atomic mass is 19.1. The summed E-state index contributed by atoms with van der Waals surface area (Å²) in [5.74, 6) is -1.93. The zero-order chi connectivity index (χ0) is 13.1. The summed E-state index contributed by atoms with van der Waals surface area (Å²) in [6.07, 6.45) is 0. The summed E-state index contributed by atoms with van der Waals surface area (Å²) in [6, 6.07) is 9.36. The molecular formula is C14H11F2NO. The fourth-order valence-corrected chi connectivity index (χ4v) is 1.67. The molecule has 0 aliphatic heterocycles. The summed E-state index contributed by atoms with van der Waals surface area (Å²) in [5.41, 5.74) is 6.25. The van der Waals surface area contributed by atoms with Crippen molar-refractivity contribution >= 4 is 5.78 Å². The number of carbonyl (C=O) groups is 1. The molecule has 2 rings (SSSR count). The van der Waals surface area contributed by atoms with E-state index in [1.54, 1.807) is 24.3 Å². The molecule has 4 heteroatoms. The van der Waals surface area contributed by atoms with E-state index < -0.39 is 17.4 Å². The SMILES string of the molecule is NCc1cccc(C(=O)c2cc(F)ccc2F)c1. The molecule has 0 amide bonds. The number of ketones is 1. The van der Waals surface area contributed by atoms with Gasteiger partial charge in [-0.3, -0.25) is 4.79 Å². The Morgan fingerprint density at radius 3 is 2.61 bits per heavy atom. The van der Waals surface area contributed by atoms with Crippen molar-refractivity contribution in [2.24, 2.45) is 5.73 Å². The van der Waals surface area contributed by atoms with Crippen molar-refractivity contribution in [3.05, 3.63) is 70.8 Å². The zero-order valence-corrected chi connectivity index (χ0v) is 9.49. The third-order valence-electron chi connectivity index (χ3n) is 2.60. The second-order valence-corrected chi connectivity index (χ2v) is 3.86. The largest absolute Gasteiger partial charge is 0.326 e. The van der Waals surface area contributed by atoms with E-state index in [4.69, 9.17) is 5.73 Å². The first-order chi connectivity index (χ1) is 8.61. The van der Waals surface area contributed by atoms with Crippen LogP contribution in [-0.4, -0.2) is 5.78 Å². The maximum Gasteiger partial charge on any atom is 0.196 e. The standard InChI is InChI=1S/C14H11F2NO/c15-11-4-5-13(16)12(7-11)14(18)10-3-1-2-9(6-10)8-17/h1-7H,8,17H2. The Bertz CT molecular complexity index is 596. The van der Waals surface area contributed by atoms with E-state index in [0.29, 0.717) is 5.56 Å². The van der Waals surface area contributed by atoms with Gasteiger partial charge in [-0.05, 0) is 29.8 Å². The van der Waals surface area contributed by atoms with Gasteiger partial charge in [0.15, 0.2) is 5.78 Å². The highest BCUT2D eigenvalue weighted by molar-refractivity contribution is 6.09. The van der Waals surface area contributed by atoms with Gasteiger partial charge in [0.25, 0.3) is 0 Å². The Balaban J connectivity index is 2.44. The molecule has 0 saturated heterocycles. The quantitative estimate of drug-likeness (QED) is 0.847. The van der Waals surface area contributed by atoms with Crippen LogP contribution in [0.4, 0.5) is 8.78 Å². The lowest BCUT2D eigenvalue weighted by Crippen LogP contribution is -2.06. The molecule has 0 spiro atoms. The molecule has 92 valence electrons. The molecule has 0 radical (unpaired) electrons. The molecule has 2 N–H and O–H groups in total. The minimum atomic E-state index is -0.737. The van der Waals surface area contributed by atoms with Crippen molar-refractivity contribution in [3.8, 4) is 0 Å². The Morgan fingerprint density at radius 1 is 1.11 bits per heavy atom. The lowest BCUT2D eigenvalue weighted by Gasteiger charge is -2.04. The molecule has 0 aliphatic carbocycles. The number of halogens is 2. The van der Waals surface area contributed by atoms with E-state index >= 15 is 0 Å². The molecule has 2 nitrogen and oxygen atoms in total. The topological polar surface area (TPSA) is 43.1 Å². The number of rotatable bonds is 3. The Labute approximate surface area is 103 Å². The van der Waals surface area contributed by atoms with E-state index in [-0.39, 0.29) is 12.1 Å². The van der Waals surface area contributed by atoms with Crippen molar-refractivity contribution in [2.45, 2.75) is 6.54 Å². The van der Waals surface area contributed by atoms with Gasteiger partial charge in [-0.15, -0.1) is 0 Å². The van der Waals surface area contributed by atoms with Gasteiger partial charge >= 0.3 is 0 Å². The summed E-state index contributed by atoms with van der Waals surface area (Å²) < 4.78 is 26.5. The first kappa shape index (κ1) is 12.4. The van der Waals surface area contributed by atoms with Gasteiger partial charge in [0.05, 0.1) is 5.56 Å². The van der Waals surface area contributed by atoms with Gasteiger partial charge in [-0.25, -0.2) is 8.78 Å². The Kier molecular flexibility index (Phi) is 3.48. The van der Waals surface area contributed by atoms with Crippen molar-refractivity contribution in [1.82, 2.24) is 0 Å². The van der Waals surface area contributed by atoms with Crippen LogP contribution in [0, 0.1) is 11.6 Å². The number of nitrogens with two attached hydrogens (primary N) is 1. The lowest BCUT2D eigenvalue weighted by molar-refractivity contribution is 0.103. The van der Waals surface area contributed by atoms with Crippen molar-refractivity contribution in [2.75, 3.05) is 0 Å². The first-order valence-corrected chi connectivity index (χ1v) is 5.40. The molecule has 0 saturated carbocycles. The van der Waals surface area contributed by atoms with E-state index in [1.807, 2.05) is 0 Å². The van der Waals surface area contributed by atoms with Crippen LogP contribution >= 0.6 is 0 Å². The number of hydrogen-bond acceptors (Lipinski definition) is 2. The molecule has 0 fully saturated rings. The van der Waals surface area contributed by atoms with Crippen LogP contribution in [-0.2, 0) is 6.54 Å². The molecule has 0 heterocycles. The van der Waals surface area contributed by atoms with Gasteiger partial charge in [-0.1, -0.05) is 18.2 Å². The number of hydrogen-bond donors (Lipinski definition) is 1. The summed E-state index contributed by atoms with van der Waals surface area (Å²) >= 11 is 0. The first-order valence-electron chi connectivity index (χ1n) is 5.40. The highest BCUT2D eigenvalue weighted by Gasteiger charge is 2.15. The molecular weight excluding hydrogens is 236 g/mol. The van der Waals surface area contributed by atoms with Gasteiger partial charge < -0.3 is 5.73 Å². The summed E-state index contributed by atoms with van der Waals surface area (Å²) in [4.78, 5) is 12.0. The van der Waals surface area contributed by atoms with E-state index in [0.717, 1.165) is 23.8 Å². The molecule has 2 aromatic rings. The van der Waals surface area contributed by atoms with Gasteiger partial charge in [0.1, 0.15) is 11.6 Å². The van der Waals surface area contributed by atoms with Crippen LogP contribution < -0.4 is 5.73 Å². The predicted molar refractivity (Wildman–Crippen MR) is 64.1 cm³/mol. The van der Waals surface area contributed by atoms with Gasteiger partial charge in [-0.2, -0.15) is 0 Å². The number of benzene rings is 2. The lowest BCUT2D eigenvalue weighted by atomic mass is 10.0. The van der Waals surface area contributed by atoms with E-state index in [1.165, 1.54) is 0 Å². The van der Waals surface area contributed by atoms with Gasteiger partial charge in [0.2, 0.25) is 0 Å². The summed E-state index contributed by atoms with van der Waals surface area (Å²) in [6.45, 7) is 0.284. The maximum atomic E-state index is 13.5.